The molecule has 110 valence electrons. The molecule has 0 aliphatic carbocycles. The van der Waals surface area contributed by atoms with E-state index in [0.717, 1.165) is 38.3 Å². The highest BCUT2D eigenvalue weighted by Crippen LogP contribution is 2.24. The minimum atomic E-state index is 0.811. The molecule has 0 radical (unpaired) electrons. The number of piperidine rings is 1. The second-order valence-corrected chi connectivity index (χ2v) is 6.36. The smallest absolute Gasteiger partial charge is 0.0594 e. The summed E-state index contributed by atoms with van der Waals surface area (Å²) in [5.41, 5.74) is 0. The van der Waals surface area contributed by atoms with Crippen molar-refractivity contribution >= 4 is 0 Å². The predicted octanol–water partition coefficient (Wildman–Crippen LogP) is 0.783. The second-order valence-electron chi connectivity index (χ2n) is 6.36. The molecule has 0 saturated carbocycles. The van der Waals surface area contributed by atoms with E-state index in [4.69, 9.17) is 4.74 Å². The van der Waals surface area contributed by atoms with Gasteiger partial charge < -0.3 is 15.0 Å². The molecule has 2 atom stereocenters. The van der Waals surface area contributed by atoms with E-state index in [0.29, 0.717) is 0 Å². The van der Waals surface area contributed by atoms with Gasteiger partial charge in [-0.05, 0) is 44.7 Å². The maximum Gasteiger partial charge on any atom is 0.0594 e. The van der Waals surface area contributed by atoms with E-state index in [1.807, 2.05) is 0 Å². The Hall–Kier alpha value is -0.160. The highest BCUT2D eigenvalue weighted by molar-refractivity contribution is 4.86. The number of ether oxygens (including phenoxy) is 1. The van der Waals surface area contributed by atoms with Gasteiger partial charge in [-0.2, -0.15) is 0 Å². The molecule has 3 rings (SSSR count). The van der Waals surface area contributed by atoms with Crippen molar-refractivity contribution in [1.82, 2.24) is 15.1 Å². The normalized spacial score (nSPS) is 34.7. The van der Waals surface area contributed by atoms with Crippen molar-refractivity contribution in [3.05, 3.63) is 0 Å². The maximum atomic E-state index is 5.41. The molecule has 0 spiro atoms. The zero-order chi connectivity index (χ0) is 12.9. The third-order valence-electron chi connectivity index (χ3n) is 5.05. The van der Waals surface area contributed by atoms with Crippen molar-refractivity contribution in [2.45, 2.75) is 31.7 Å². The van der Waals surface area contributed by atoms with Gasteiger partial charge in [-0.1, -0.05) is 0 Å². The molecule has 1 N–H and O–H groups in total. The number of morpholine rings is 1. The van der Waals surface area contributed by atoms with E-state index >= 15 is 0 Å². The van der Waals surface area contributed by atoms with Crippen molar-refractivity contribution in [3.8, 4) is 0 Å². The largest absolute Gasteiger partial charge is 0.379 e. The van der Waals surface area contributed by atoms with Crippen LogP contribution in [0.3, 0.4) is 0 Å². The first kappa shape index (κ1) is 13.8. The van der Waals surface area contributed by atoms with Crippen LogP contribution < -0.4 is 5.32 Å². The SMILES string of the molecule is C1CNC(C2CCCN(CCN3CCOCC3)C2)C1. The lowest BCUT2D eigenvalue weighted by atomic mass is 9.90. The number of hydrogen-bond acceptors (Lipinski definition) is 4. The lowest BCUT2D eigenvalue weighted by molar-refractivity contribution is 0.0302. The van der Waals surface area contributed by atoms with Crippen LogP contribution in [0.1, 0.15) is 25.7 Å². The average Bonchev–Trinajstić information content (AvgIpc) is 3.01. The molecule has 3 heterocycles. The minimum Gasteiger partial charge on any atom is -0.379 e. The van der Waals surface area contributed by atoms with E-state index in [1.54, 1.807) is 0 Å². The number of hydrogen-bond donors (Lipinski definition) is 1. The topological polar surface area (TPSA) is 27.7 Å². The van der Waals surface area contributed by atoms with Crippen LogP contribution in [0.5, 0.6) is 0 Å². The highest BCUT2D eigenvalue weighted by atomic mass is 16.5. The molecule has 2 unspecified atom stereocenters. The second kappa shape index (κ2) is 7.02. The van der Waals surface area contributed by atoms with Crippen LogP contribution in [0.25, 0.3) is 0 Å². The summed E-state index contributed by atoms with van der Waals surface area (Å²) in [6.45, 7) is 10.5. The Morgan fingerprint density at radius 3 is 2.58 bits per heavy atom. The van der Waals surface area contributed by atoms with Gasteiger partial charge in [-0.25, -0.2) is 0 Å². The summed E-state index contributed by atoms with van der Waals surface area (Å²) < 4.78 is 5.41. The Labute approximate surface area is 117 Å². The number of nitrogens with zero attached hydrogens (tertiary/aromatic N) is 2. The van der Waals surface area contributed by atoms with Crippen LogP contribution in [-0.2, 0) is 4.74 Å². The molecular weight excluding hydrogens is 238 g/mol. The van der Waals surface area contributed by atoms with E-state index in [-0.39, 0.29) is 0 Å². The number of rotatable bonds is 4. The fraction of sp³-hybridized carbons (Fsp3) is 1.00. The zero-order valence-electron chi connectivity index (χ0n) is 12.1. The van der Waals surface area contributed by atoms with Gasteiger partial charge in [0.05, 0.1) is 13.2 Å². The first-order valence-corrected chi connectivity index (χ1v) is 8.18. The van der Waals surface area contributed by atoms with Crippen molar-refractivity contribution in [2.24, 2.45) is 5.92 Å². The van der Waals surface area contributed by atoms with Gasteiger partial charge in [0.15, 0.2) is 0 Å². The van der Waals surface area contributed by atoms with Crippen LogP contribution in [-0.4, -0.2) is 74.9 Å². The number of nitrogens with one attached hydrogen (secondary N) is 1. The standard InChI is InChI=1S/C15H29N3O/c1-4-15(16-5-1)14-3-2-6-18(13-14)8-7-17-9-11-19-12-10-17/h14-16H,1-13H2. The lowest BCUT2D eigenvalue weighted by Gasteiger charge is -2.37. The highest BCUT2D eigenvalue weighted by Gasteiger charge is 2.28. The van der Waals surface area contributed by atoms with E-state index in [9.17, 15) is 0 Å². The quantitative estimate of drug-likeness (QED) is 0.815. The maximum absolute atomic E-state index is 5.41. The summed E-state index contributed by atoms with van der Waals surface area (Å²) in [7, 11) is 0. The van der Waals surface area contributed by atoms with E-state index in [2.05, 4.69) is 15.1 Å². The van der Waals surface area contributed by atoms with Gasteiger partial charge in [0.1, 0.15) is 0 Å². The molecule has 4 nitrogen and oxygen atoms in total. The van der Waals surface area contributed by atoms with Gasteiger partial charge in [0.2, 0.25) is 0 Å². The third kappa shape index (κ3) is 3.91. The van der Waals surface area contributed by atoms with Gasteiger partial charge in [-0.15, -0.1) is 0 Å². The Morgan fingerprint density at radius 2 is 1.79 bits per heavy atom. The fourth-order valence-electron chi connectivity index (χ4n) is 3.84. The van der Waals surface area contributed by atoms with Crippen LogP contribution in [0, 0.1) is 5.92 Å². The molecule has 0 aromatic heterocycles. The van der Waals surface area contributed by atoms with Crippen molar-refractivity contribution in [2.75, 3.05) is 59.0 Å². The summed E-state index contributed by atoms with van der Waals surface area (Å²) in [6, 6.07) is 0.811. The predicted molar refractivity (Wildman–Crippen MR) is 77.4 cm³/mol. The molecule has 3 saturated heterocycles. The molecule has 0 bridgehead atoms. The van der Waals surface area contributed by atoms with Gasteiger partial charge in [0.25, 0.3) is 0 Å². The molecule has 0 aromatic rings. The summed E-state index contributed by atoms with van der Waals surface area (Å²) >= 11 is 0. The molecule has 4 heteroatoms. The van der Waals surface area contributed by atoms with Gasteiger partial charge in [0, 0.05) is 38.8 Å². The van der Waals surface area contributed by atoms with Crippen LogP contribution in [0.2, 0.25) is 0 Å². The third-order valence-corrected chi connectivity index (χ3v) is 5.05. The molecular formula is C15H29N3O. The van der Waals surface area contributed by atoms with E-state index in [1.165, 1.54) is 58.4 Å². The summed E-state index contributed by atoms with van der Waals surface area (Å²) in [5.74, 6) is 0.904. The van der Waals surface area contributed by atoms with Gasteiger partial charge >= 0.3 is 0 Å². The Morgan fingerprint density at radius 1 is 0.947 bits per heavy atom. The van der Waals surface area contributed by atoms with Crippen LogP contribution >= 0.6 is 0 Å². The first-order chi connectivity index (χ1) is 9.42. The molecule has 0 aromatic carbocycles. The molecule has 3 aliphatic rings. The Balaban J connectivity index is 1.40. The summed E-state index contributed by atoms with van der Waals surface area (Å²) in [4.78, 5) is 5.25. The first-order valence-electron chi connectivity index (χ1n) is 8.18. The molecule has 19 heavy (non-hydrogen) atoms. The summed E-state index contributed by atoms with van der Waals surface area (Å²) in [5, 5.41) is 3.70. The summed E-state index contributed by atoms with van der Waals surface area (Å²) in [6.07, 6.45) is 5.62. The fourth-order valence-corrected chi connectivity index (χ4v) is 3.84. The van der Waals surface area contributed by atoms with Crippen molar-refractivity contribution in [1.29, 1.82) is 0 Å². The van der Waals surface area contributed by atoms with E-state index < -0.39 is 0 Å². The molecule has 3 aliphatic heterocycles. The monoisotopic (exact) mass is 267 g/mol. The average molecular weight is 267 g/mol. The number of likely N-dealkylation sites (tertiary alicyclic amines) is 1. The lowest BCUT2D eigenvalue weighted by Crippen LogP contribution is -2.47. The van der Waals surface area contributed by atoms with Crippen LogP contribution in [0.15, 0.2) is 0 Å². The Kier molecular flexibility index (Phi) is 5.10. The van der Waals surface area contributed by atoms with Crippen molar-refractivity contribution in [3.63, 3.8) is 0 Å². The minimum absolute atomic E-state index is 0.811. The molecule has 3 fully saturated rings. The molecule has 0 amide bonds. The van der Waals surface area contributed by atoms with Gasteiger partial charge in [-0.3, -0.25) is 4.90 Å². The van der Waals surface area contributed by atoms with Crippen LogP contribution in [0.4, 0.5) is 0 Å². The van der Waals surface area contributed by atoms with Crippen molar-refractivity contribution < 1.29 is 4.74 Å². The zero-order valence-corrected chi connectivity index (χ0v) is 12.1. The Bertz CT molecular complexity index is 262.